The number of nitrogens with one attached hydrogen (secondary N) is 1. The van der Waals surface area contributed by atoms with Crippen molar-refractivity contribution in [2.75, 3.05) is 13.2 Å². The van der Waals surface area contributed by atoms with Crippen molar-refractivity contribution in [2.24, 2.45) is 0 Å². The van der Waals surface area contributed by atoms with E-state index >= 15 is 0 Å². The van der Waals surface area contributed by atoms with Crippen molar-refractivity contribution in [2.45, 2.75) is 33.2 Å². The number of benzene rings is 1. The van der Waals surface area contributed by atoms with Crippen LogP contribution < -0.4 is 10.1 Å². The molecule has 0 saturated carbocycles. The third-order valence-electron chi connectivity index (χ3n) is 3.72. The fourth-order valence-electron chi connectivity index (χ4n) is 2.30. The molecule has 7 heteroatoms. The van der Waals surface area contributed by atoms with Crippen molar-refractivity contribution in [3.05, 3.63) is 52.6 Å². The topological polar surface area (TPSA) is 56.2 Å². The van der Waals surface area contributed by atoms with Crippen LogP contribution in [0.3, 0.4) is 0 Å². The Morgan fingerprint density at radius 2 is 2.12 bits per heavy atom. The summed E-state index contributed by atoms with van der Waals surface area (Å²) in [5.41, 5.74) is 1.54. The summed E-state index contributed by atoms with van der Waals surface area (Å²) in [7, 11) is 0. The molecule has 0 fully saturated rings. The van der Waals surface area contributed by atoms with Gasteiger partial charge in [0, 0.05) is 18.2 Å². The maximum atomic E-state index is 12.8. The first-order valence-corrected chi connectivity index (χ1v) is 8.96. The normalized spacial score (nSPS) is 11.1. The van der Waals surface area contributed by atoms with Crippen molar-refractivity contribution >= 4 is 23.6 Å². The molecule has 2 aromatic rings. The number of amides is 1. The monoisotopic (exact) mass is 379 g/mol. The number of rotatable bonds is 9. The standard InChI is InChI=1S/C19H23ClFN3O2/c1-3-4-12-24-19(20)17(14(2)23-24)9-10-18(25)22-11-13-26-16-7-5-15(21)6-8-16/h5-10H,3-4,11-13H2,1-2H3,(H,22,25)/b10-9+. The zero-order valence-electron chi connectivity index (χ0n) is 15.0. The number of hydrogen-bond acceptors (Lipinski definition) is 3. The minimum Gasteiger partial charge on any atom is -0.492 e. The maximum Gasteiger partial charge on any atom is 0.244 e. The summed E-state index contributed by atoms with van der Waals surface area (Å²) in [6.45, 7) is 5.36. The number of halogens is 2. The summed E-state index contributed by atoms with van der Waals surface area (Å²) >= 11 is 6.33. The van der Waals surface area contributed by atoms with E-state index in [-0.39, 0.29) is 11.7 Å². The lowest BCUT2D eigenvalue weighted by atomic mass is 10.2. The van der Waals surface area contributed by atoms with E-state index in [4.69, 9.17) is 16.3 Å². The number of aromatic nitrogens is 2. The van der Waals surface area contributed by atoms with Crippen LogP contribution in [0, 0.1) is 12.7 Å². The van der Waals surface area contributed by atoms with Crippen LogP contribution >= 0.6 is 11.6 Å². The van der Waals surface area contributed by atoms with Gasteiger partial charge in [0.1, 0.15) is 23.3 Å². The summed E-state index contributed by atoms with van der Waals surface area (Å²) in [6, 6.07) is 5.73. The van der Waals surface area contributed by atoms with E-state index in [1.807, 2.05) is 6.92 Å². The molecule has 0 aliphatic rings. The van der Waals surface area contributed by atoms with E-state index in [1.165, 1.54) is 30.3 Å². The Labute approximate surface area is 157 Å². The summed E-state index contributed by atoms with van der Waals surface area (Å²) in [6.07, 6.45) is 5.16. The molecule has 26 heavy (non-hydrogen) atoms. The highest BCUT2D eigenvalue weighted by Crippen LogP contribution is 2.21. The van der Waals surface area contributed by atoms with Gasteiger partial charge in [0.05, 0.1) is 12.2 Å². The summed E-state index contributed by atoms with van der Waals surface area (Å²) in [5.74, 6) is -0.00895. The highest BCUT2D eigenvalue weighted by Gasteiger charge is 2.10. The third-order valence-corrected chi connectivity index (χ3v) is 4.12. The fraction of sp³-hybridized carbons (Fsp3) is 0.368. The molecule has 0 atom stereocenters. The number of ether oxygens (including phenoxy) is 1. The first kappa shape index (κ1) is 20.0. The predicted molar refractivity (Wildman–Crippen MR) is 101 cm³/mol. The van der Waals surface area contributed by atoms with Gasteiger partial charge < -0.3 is 10.1 Å². The van der Waals surface area contributed by atoms with Crippen molar-refractivity contribution in [3.63, 3.8) is 0 Å². The Morgan fingerprint density at radius 1 is 1.38 bits per heavy atom. The van der Waals surface area contributed by atoms with Gasteiger partial charge in [0.25, 0.3) is 0 Å². The summed E-state index contributed by atoms with van der Waals surface area (Å²) in [4.78, 5) is 11.9. The molecule has 1 aromatic heterocycles. The van der Waals surface area contributed by atoms with Crippen LogP contribution in [0.1, 0.15) is 31.0 Å². The second-order valence-electron chi connectivity index (χ2n) is 5.79. The van der Waals surface area contributed by atoms with Gasteiger partial charge in [-0.15, -0.1) is 0 Å². The fourth-order valence-corrected chi connectivity index (χ4v) is 2.63. The zero-order valence-corrected chi connectivity index (χ0v) is 15.7. The Morgan fingerprint density at radius 3 is 2.81 bits per heavy atom. The molecular formula is C19H23ClFN3O2. The summed E-state index contributed by atoms with van der Waals surface area (Å²) < 4.78 is 20.0. The molecule has 5 nitrogen and oxygen atoms in total. The van der Waals surface area contributed by atoms with Gasteiger partial charge >= 0.3 is 0 Å². The van der Waals surface area contributed by atoms with Crippen LogP contribution in [-0.2, 0) is 11.3 Å². The second-order valence-corrected chi connectivity index (χ2v) is 6.15. The SMILES string of the molecule is CCCCn1nc(C)c(/C=C/C(=O)NCCOc2ccc(F)cc2)c1Cl. The van der Waals surface area contributed by atoms with E-state index in [9.17, 15) is 9.18 Å². The average molecular weight is 380 g/mol. The molecule has 1 N–H and O–H groups in total. The molecule has 0 bridgehead atoms. The first-order valence-electron chi connectivity index (χ1n) is 8.58. The van der Waals surface area contributed by atoms with Gasteiger partial charge in [-0.1, -0.05) is 24.9 Å². The van der Waals surface area contributed by atoms with E-state index in [0.717, 1.165) is 30.6 Å². The molecular weight excluding hydrogens is 357 g/mol. The number of unbranched alkanes of at least 4 members (excludes halogenated alkanes) is 1. The first-order chi connectivity index (χ1) is 12.5. The highest BCUT2D eigenvalue weighted by atomic mass is 35.5. The van der Waals surface area contributed by atoms with E-state index in [2.05, 4.69) is 17.3 Å². The number of nitrogens with zero attached hydrogens (tertiary/aromatic N) is 2. The lowest BCUT2D eigenvalue weighted by molar-refractivity contribution is -0.116. The smallest absolute Gasteiger partial charge is 0.244 e. The maximum absolute atomic E-state index is 12.8. The highest BCUT2D eigenvalue weighted by molar-refractivity contribution is 6.31. The van der Waals surface area contributed by atoms with Gasteiger partial charge in [-0.2, -0.15) is 5.10 Å². The van der Waals surface area contributed by atoms with Gasteiger partial charge in [-0.3, -0.25) is 9.48 Å². The van der Waals surface area contributed by atoms with Crippen LogP contribution in [0.2, 0.25) is 5.15 Å². The van der Waals surface area contributed by atoms with Crippen molar-refractivity contribution < 1.29 is 13.9 Å². The Balaban J connectivity index is 1.80. The van der Waals surface area contributed by atoms with Crippen LogP contribution in [0.5, 0.6) is 5.75 Å². The largest absolute Gasteiger partial charge is 0.492 e. The van der Waals surface area contributed by atoms with Crippen LogP contribution in [0.25, 0.3) is 6.08 Å². The molecule has 0 saturated heterocycles. The van der Waals surface area contributed by atoms with E-state index < -0.39 is 0 Å². The summed E-state index contributed by atoms with van der Waals surface area (Å²) in [5, 5.41) is 7.66. The number of carbonyl (C=O) groups excluding carboxylic acids is 1. The molecule has 1 heterocycles. The minimum atomic E-state index is -0.317. The quantitative estimate of drug-likeness (QED) is 0.529. The lowest BCUT2D eigenvalue weighted by Crippen LogP contribution is -2.26. The minimum absolute atomic E-state index is 0.246. The molecule has 0 radical (unpaired) electrons. The molecule has 0 unspecified atom stereocenters. The van der Waals surface area contributed by atoms with E-state index in [0.29, 0.717) is 24.1 Å². The van der Waals surface area contributed by atoms with Gasteiger partial charge in [0.15, 0.2) is 0 Å². The molecule has 0 aliphatic carbocycles. The van der Waals surface area contributed by atoms with Gasteiger partial charge in [-0.05, 0) is 43.7 Å². The lowest BCUT2D eigenvalue weighted by Gasteiger charge is -2.06. The Bertz CT molecular complexity index is 757. The Hall–Kier alpha value is -2.34. The van der Waals surface area contributed by atoms with E-state index in [1.54, 1.807) is 10.8 Å². The van der Waals surface area contributed by atoms with Crippen LogP contribution in [-0.4, -0.2) is 28.8 Å². The van der Waals surface area contributed by atoms with Crippen LogP contribution in [0.4, 0.5) is 4.39 Å². The van der Waals surface area contributed by atoms with Gasteiger partial charge in [0.2, 0.25) is 5.91 Å². The number of hydrogen-bond donors (Lipinski definition) is 1. The van der Waals surface area contributed by atoms with Gasteiger partial charge in [-0.25, -0.2) is 4.39 Å². The predicted octanol–water partition coefficient (Wildman–Crippen LogP) is 3.99. The number of carbonyl (C=O) groups is 1. The molecule has 1 aromatic carbocycles. The van der Waals surface area contributed by atoms with Crippen molar-refractivity contribution in [1.29, 1.82) is 0 Å². The second kappa shape index (κ2) is 9.97. The number of aryl methyl sites for hydroxylation is 2. The zero-order chi connectivity index (χ0) is 18.9. The van der Waals surface area contributed by atoms with Crippen molar-refractivity contribution in [3.8, 4) is 5.75 Å². The third kappa shape index (κ3) is 5.88. The average Bonchev–Trinajstić information content (AvgIpc) is 2.90. The molecule has 1 amide bonds. The molecule has 140 valence electrons. The molecule has 0 aliphatic heterocycles. The molecule has 0 spiro atoms. The molecule has 2 rings (SSSR count). The Kier molecular flexibility index (Phi) is 7.66. The van der Waals surface area contributed by atoms with Crippen molar-refractivity contribution in [1.82, 2.24) is 15.1 Å². The van der Waals surface area contributed by atoms with Crippen LogP contribution in [0.15, 0.2) is 30.3 Å².